The van der Waals surface area contributed by atoms with Gasteiger partial charge in [0.2, 0.25) is 5.91 Å². The van der Waals surface area contributed by atoms with Gasteiger partial charge in [-0.2, -0.15) is 0 Å². The molecule has 1 fully saturated rings. The molecule has 0 saturated carbocycles. The van der Waals surface area contributed by atoms with Gasteiger partial charge in [0.1, 0.15) is 0 Å². The summed E-state index contributed by atoms with van der Waals surface area (Å²) in [4.78, 5) is 11.3. The maximum absolute atomic E-state index is 11.3. The molecule has 0 radical (unpaired) electrons. The normalized spacial score (nSPS) is 21.1. The van der Waals surface area contributed by atoms with Crippen LogP contribution < -0.4 is 10.6 Å². The molecule has 82 valence electrons. The van der Waals surface area contributed by atoms with Crippen molar-refractivity contribution in [1.82, 2.24) is 10.6 Å². The highest BCUT2D eigenvalue weighted by Crippen LogP contribution is 2.16. The van der Waals surface area contributed by atoms with E-state index in [4.69, 9.17) is 0 Å². The van der Waals surface area contributed by atoms with Gasteiger partial charge in [0.05, 0.1) is 0 Å². The molecule has 0 aromatic heterocycles. The van der Waals surface area contributed by atoms with Crippen LogP contribution in [0.5, 0.6) is 0 Å². The average Bonchev–Trinajstić information content (AvgIpc) is 2.44. The first-order chi connectivity index (χ1) is 6.86. The lowest BCUT2D eigenvalue weighted by Crippen LogP contribution is -2.24. The van der Waals surface area contributed by atoms with E-state index in [1.165, 1.54) is 5.56 Å². The largest absolute Gasteiger partial charge is 0.355 e. The Bertz CT molecular complexity index is 316. The van der Waals surface area contributed by atoms with Gasteiger partial charge >= 0.3 is 0 Å². The van der Waals surface area contributed by atoms with Crippen LogP contribution in [0.3, 0.4) is 0 Å². The van der Waals surface area contributed by atoms with Gasteiger partial charge in [0, 0.05) is 25.6 Å². The van der Waals surface area contributed by atoms with Crippen LogP contribution in [0.4, 0.5) is 0 Å². The number of carbonyl (C=O) groups is 1. The van der Waals surface area contributed by atoms with E-state index in [0.717, 1.165) is 13.1 Å². The van der Waals surface area contributed by atoms with Crippen LogP contribution in [0.25, 0.3) is 0 Å². The molecular weight excluding hydrogens is 212 g/mol. The van der Waals surface area contributed by atoms with Crippen LogP contribution in [-0.2, 0) is 4.79 Å². The topological polar surface area (TPSA) is 41.1 Å². The fraction of sp³-hybridized carbons (Fsp3) is 0.364. The van der Waals surface area contributed by atoms with Crippen molar-refractivity contribution >= 4 is 18.3 Å². The summed E-state index contributed by atoms with van der Waals surface area (Å²) in [6, 6.07) is 10.3. The SMILES string of the molecule is Cl.O=C1CC(c2ccccc2)NCCN1. The first-order valence-electron chi connectivity index (χ1n) is 4.91. The molecule has 4 heteroatoms. The summed E-state index contributed by atoms with van der Waals surface area (Å²) in [5.41, 5.74) is 1.18. The molecule has 0 bridgehead atoms. The van der Waals surface area contributed by atoms with E-state index >= 15 is 0 Å². The summed E-state index contributed by atoms with van der Waals surface area (Å²) in [6.07, 6.45) is 0.532. The Balaban J connectivity index is 0.00000112. The third-order valence-corrected chi connectivity index (χ3v) is 2.43. The predicted octanol–water partition coefficient (Wildman–Crippen LogP) is 1.26. The van der Waals surface area contributed by atoms with Crippen molar-refractivity contribution in [3.63, 3.8) is 0 Å². The molecule has 1 heterocycles. The van der Waals surface area contributed by atoms with Gasteiger partial charge in [-0.25, -0.2) is 0 Å². The minimum absolute atomic E-state index is 0. The Morgan fingerprint density at radius 1 is 1.13 bits per heavy atom. The maximum Gasteiger partial charge on any atom is 0.221 e. The molecule has 1 aliphatic heterocycles. The van der Waals surface area contributed by atoms with E-state index in [1.54, 1.807) is 0 Å². The Kier molecular flexibility index (Phi) is 4.59. The second-order valence-corrected chi connectivity index (χ2v) is 3.47. The zero-order valence-corrected chi connectivity index (χ0v) is 9.22. The Labute approximate surface area is 95.7 Å². The Morgan fingerprint density at radius 2 is 1.87 bits per heavy atom. The lowest BCUT2D eigenvalue weighted by atomic mass is 10.0. The molecule has 1 aliphatic rings. The summed E-state index contributed by atoms with van der Waals surface area (Å²) in [5.74, 6) is 0.129. The quantitative estimate of drug-likeness (QED) is 0.757. The summed E-state index contributed by atoms with van der Waals surface area (Å²) >= 11 is 0. The molecule has 2 rings (SSSR count). The van der Waals surface area contributed by atoms with E-state index < -0.39 is 0 Å². The van der Waals surface area contributed by atoms with Crippen molar-refractivity contribution in [2.75, 3.05) is 13.1 Å². The first-order valence-corrected chi connectivity index (χ1v) is 4.91. The van der Waals surface area contributed by atoms with Gasteiger partial charge in [-0.3, -0.25) is 4.79 Å². The number of halogens is 1. The number of amides is 1. The molecule has 0 spiro atoms. The number of rotatable bonds is 1. The smallest absolute Gasteiger partial charge is 0.221 e. The predicted molar refractivity (Wildman–Crippen MR) is 62.1 cm³/mol. The molecule has 0 aliphatic carbocycles. The summed E-state index contributed by atoms with van der Waals surface area (Å²) in [7, 11) is 0. The van der Waals surface area contributed by atoms with Crippen LogP contribution in [-0.4, -0.2) is 19.0 Å². The van der Waals surface area contributed by atoms with E-state index in [-0.39, 0.29) is 24.4 Å². The number of hydrogen-bond acceptors (Lipinski definition) is 2. The molecule has 1 aromatic rings. The van der Waals surface area contributed by atoms with Crippen molar-refractivity contribution < 1.29 is 4.79 Å². The lowest BCUT2D eigenvalue weighted by molar-refractivity contribution is -0.121. The number of benzene rings is 1. The highest BCUT2D eigenvalue weighted by atomic mass is 35.5. The van der Waals surface area contributed by atoms with Gasteiger partial charge in [-0.15, -0.1) is 12.4 Å². The molecule has 1 atom stereocenters. The second-order valence-electron chi connectivity index (χ2n) is 3.47. The summed E-state index contributed by atoms with van der Waals surface area (Å²) < 4.78 is 0. The fourth-order valence-electron chi connectivity index (χ4n) is 1.70. The third kappa shape index (κ3) is 3.22. The fourth-order valence-corrected chi connectivity index (χ4v) is 1.70. The number of hydrogen-bond donors (Lipinski definition) is 2. The third-order valence-electron chi connectivity index (χ3n) is 2.43. The van der Waals surface area contributed by atoms with E-state index in [0.29, 0.717) is 6.42 Å². The second kappa shape index (κ2) is 5.73. The molecule has 1 amide bonds. The van der Waals surface area contributed by atoms with Crippen LogP contribution in [0.2, 0.25) is 0 Å². The monoisotopic (exact) mass is 226 g/mol. The zero-order valence-electron chi connectivity index (χ0n) is 8.40. The lowest BCUT2D eigenvalue weighted by Gasteiger charge is -2.14. The highest BCUT2D eigenvalue weighted by Gasteiger charge is 2.17. The summed E-state index contributed by atoms with van der Waals surface area (Å²) in [6.45, 7) is 1.56. The Morgan fingerprint density at radius 3 is 2.60 bits per heavy atom. The van der Waals surface area contributed by atoms with Gasteiger partial charge in [0.25, 0.3) is 0 Å². The molecular formula is C11H15ClN2O. The molecule has 1 aromatic carbocycles. The van der Waals surface area contributed by atoms with Crippen molar-refractivity contribution in [3.8, 4) is 0 Å². The zero-order chi connectivity index (χ0) is 9.80. The van der Waals surface area contributed by atoms with Crippen LogP contribution in [0, 0.1) is 0 Å². The van der Waals surface area contributed by atoms with Gasteiger partial charge in [0.15, 0.2) is 0 Å². The molecule has 3 nitrogen and oxygen atoms in total. The van der Waals surface area contributed by atoms with Crippen molar-refractivity contribution in [3.05, 3.63) is 35.9 Å². The van der Waals surface area contributed by atoms with Gasteiger partial charge in [-0.1, -0.05) is 30.3 Å². The average molecular weight is 227 g/mol. The van der Waals surface area contributed by atoms with Crippen LogP contribution in [0.1, 0.15) is 18.0 Å². The standard InChI is InChI=1S/C11H14N2O.ClH/c14-11-8-10(12-6-7-13-11)9-4-2-1-3-5-9;/h1-5,10,12H,6-8H2,(H,13,14);1H. The minimum Gasteiger partial charge on any atom is -0.355 e. The van der Waals surface area contributed by atoms with Gasteiger partial charge in [-0.05, 0) is 5.56 Å². The molecule has 2 N–H and O–H groups in total. The first kappa shape index (κ1) is 12.0. The Hall–Kier alpha value is -1.06. The van der Waals surface area contributed by atoms with Crippen molar-refractivity contribution in [1.29, 1.82) is 0 Å². The molecule has 1 saturated heterocycles. The number of carbonyl (C=O) groups excluding carboxylic acids is 1. The van der Waals surface area contributed by atoms with E-state index in [9.17, 15) is 4.79 Å². The highest BCUT2D eigenvalue weighted by molar-refractivity contribution is 5.85. The summed E-state index contributed by atoms with van der Waals surface area (Å²) in [5, 5.41) is 6.19. The van der Waals surface area contributed by atoms with Gasteiger partial charge < -0.3 is 10.6 Å². The number of nitrogens with one attached hydrogen (secondary N) is 2. The molecule has 15 heavy (non-hydrogen) atoms. The van der Waals surface area contributed by atoms with E-state index in [2.05, 4.69) is 22.8 Å². The van der Waals surface area contributed by atoms with Crippen LogP contribution in [0.15, 0.2) is 30.3 Å². The minimum atomic E-state index is 0. The maximum atomic E-state index is 11.3. The van der Waals surface area contributed by atoms with Crippen LogP contribution >= 0.6 is 12.4 Å². The van der Waals surface area contributed by atoms with E-state index in [1.807, 2.05) is 18.2 Å². The van der Waals surface area contributed by atoms with Crippen molar-refractivity contribution in [2.45, 2.75) is 12.5 Å². The molecule has 1 unspecified atom stereocenters. The van der Waals surface area contributed by atoms with Crippen molar-refractivity contribution in [2.24, 2.45) is 0 Å².